The lowest BCUT2D eigenvalue weighted by Gasteiger charge is -2.28. The van der Waals surface area contributed by atoms with Crippen LogP contribution >= 0.6 is 0 Å². The molecule has 4 rings (SSSR count). The highest BCUT2D eigenvalue weighted by atomic mass is 15.3. The van der Waals surface area contributed by atoms with Gasteiger partial charge in [0.2, 0.25) is 0 Å². The van der Waals surface area contributed by atoms with Crippen molar-refractivity contribution in [3.63, 3.8) is 0 Å². The van der Waals surface area contributed by atoms with Crippen LogP contribution in [-0.2, 0) is 0 Å². The second-order valence-corrected chi connectivity index (χ2v) is 5.96. The second kappa shape index (κ2) is 5.62. The minimum absolute atomic E-state index is 0.778. The van der Waals surface area contributed by atoms with Crippen LogP contribution in [0.25, 0.3) is 16.7 Å². The van der Waals surface area contributed by atoms with E-state index in [1.807, 2.05) is 17.8 Å². The largest absolute Gasteiger partial charge is 0.353 e. The van der Waals surface area contributed by atoms with Gasteiger partial charge in [0.25, 0.3) is 0 Å². The molecule has 118 valence electrons. The van der Waals surface area contributed by atoms with Gasteiger partial charge < -0.3 is 10.2 Å². The molecule has 6 heteroatoms. The Morgan fingerprint density at radius 2 is 1.74 bits per heavy atom. The standard InChI is InChI=1S/C17H20N6/c1-12-3-5-14(6-4-12)23-17-15(11-19-23)16(20-13(2)21-17)22-9-7-18-8-10-22/h3-6,11,18H,7-10H2,1-2H3. The van der Waals surface area contributed by atoms with Crippen molar-refractivity contribution in [1.29, 1.82) is 0 Å². The van der Waals surface area contributed by atoms with Crippen molar-refractivity contribution in [3.05, 3.63) is 41.9 Å². The number of fused-ring (bicyclic) bond motifs is 1. The van der Waals surface area contributed by atoms with E-state index in [0.29, 0.717) is 0 Å². The Kier molecular flexibility index (Phi) is 3.46. The van der Waals surface area contributed by atoms with Gasteiger partial charge in [0.1, 0.15) is 11.6 Å². The number of benzene rings is 1. The Morgan fingerprint density at radius 3 is 2.48 bits per heavy atom. The van der Waals surface area contributed by atoms with Crippen LogP contribution in [0.5, 0.6) is 0 Å². The number of hydrogen-bond donors (Lipinski definition) is 1. The predicted molar refractivity (Wildman–Crippen MR) is 91.2 cm³/mol. The number of aromatic nitrogens is 4. The van der Waals surface area contributed by atoms with E-state index in [4.69, 9.17) is 0 Å². The maximum Gasteiger partial charge on any atom is 0.168 e. The summed E-state index contributed by atoms with van der Waals surface area (Å²) in [4.78, 5) is 11.6. The lowest BCUT2D eigenvalue weighted by atomic mass is 10.2. The summed E-state index contributed by atoms with van der Waals surface area (Å²) in [7, 11) is 0. The summed E-state index contributed by atoms with van der Waals surface area (Å²) in [6, 6.07) is 8.33. The third kappa shape index (κ3) is 2.55. The van der Waals surface area contributed by atoms with Crippen LogP contribution in [0.15, 0.2) is 30.5 Å². The lowest BCUT2D eigenvalue weighted by Crippen LogP contribution is -2.44. The van der Waals surface area contributed by atoms with E-state index in [2.05, 4.69) is 56.5 Å². The third-order valence-electron chi connectivity index (χ3n) is 4.22. The molecule has 0 aliphatic carbocycles. The van der Waals surface area contributed by atoms with E-state index in [9.17, 15) is 0 Å². The van der Waals surface area contributed by atoms with Crippen LogP contribution in [0.2, 0.25) is 0 Å². The molecule has 0 amide bonds. The molecule has 1 aromatic carbocycles. The zero-order valence-electron chi connectivity index (χ0n) is 13.5. The van der Waals surface area contributed by atoms with E-state index in [1.54, 1.807) is 0 Å². The summed E-state index contributed by atoms with van der Waals surface area (Å²) in [5, 5.41) is 8.95. The molecule has 1 aliphatic rings. The average Bonchev–Trinajstić information content (AvgIpc) is 2.99. The van der Waals surface area contributed by atoms with Crippen molar-refractivity contribution in [2.24, 2.45) is 0 Å². The highest BCUT2D eigenvalue weighted by Crippen LogP contribution is 2.26. The molecule has 23 heavy (non-hydrogen) atoms. The van der Waals surface area contributed by atoms with Gasteiger partial charge >= 0.3 is 0 Å². The van der Waals surface area contributed by atoms with Crippen molar-refractivity contribution in [1.82, 2.24) is 25.1 Å². The summed E-state index contributed by atoms with van der Waals surface area (Å²) in [6.45, 7) is 7.91. The van der Waals surface area contributed by atoms with E-state index in [0.717, 1.165) is 54.5 Å². The Morgan fingerprint density at radius 1 is 1.00 bits per heavy atom. The molecule has 0 atom stereocenters. The number of piperazine rings is 1. The van der Waals surface area contributed by atoms with Gasteiger partial charge in [0.15, 0.2) is 5.65 Å². The molecule has 3 heterocycles. The molecule has 1 saturated heterocycles. The van der Waals surface area contributed by atoms with E-state index < -0.39 is 0 Å². The van der Waals surface area contributed by atoms with Crippen LogP contribution < -0.4 is 10.2 Å². The second-order valence-electron chi connectivity index (χ2n) is 5.96. The first-order valence-corrected chi connectivity index (χ1v) is 7.97. The maximum atomic E-state index is 4.68. The molecule has 2 aromatic heterocycles. The maximum absolute atomic E-state index is 4.68. The fraction of sp³-hybridized carbons (Fsp3) is 0.353. The highest BCUT2D eigenvalue weighted by molar-refractivity contribution is 5.88. The number of nitrogens with one attached hydrogen (secondary N) is 1. The summed E-state index contributed by atoms with van der Waals surface area (Å²) in [5.41, 5.74) is 3.13. The normalized spacial score (nSPS) is 15.3. The number of nitrogens with zero attached hydrogens (tertiary/aromatic N) is 5. The molecule has 0 saturated carbocycles. The minimum Gasteiger partial charge on any atom is -0.353 e. The van der Waals surface area contributed by atoms with Crippen LogP contribution in [0.3, 0.4) is 0 Å². The molecule has 0 radical (unpaired) electrons. The van der Waals surface area contributed by atoms with Crippen LogP contribution in [0.4, 0.5) is 5.82 Å². The predicted octanol–water partition coefficient (Wildman–Crippen LogP) is 1.84. The van der Waals surface area contributed by atoms with Gasteiger partial charge in [-0.2, -0.15) is 5.10 Å². The van der Waals surface area contributed by atoms with Gasteiger partial charge in [-0.05, 0) is 26.0 Å². The smallest absolute Gasteiger partial charge is 0.168 e. The summed E-state index contributed by atoms with van der Waals surface area (Å²) >= 11 is 0. The zero-order valence-corrected chi connectivity index (χ0v) is 13.5. The topological polar surface area (TPSA) is 58.9 Å². The molecule has 1 aliphatic heterocycles. The molecule has 6 nitrogen and oxygen atoms in total. The van der Waals surface area contributed by atoms with E-state index >= 15 is 0 Å². The van der Waals surface area contributed by atoms with Crippen LogP contribution in [-0.4, -0.2) is 45.9 Å². The van der Waals surface area contributed by atoms with Gasteiger partial charge in [-0.1, -0.05) is 17.7 Å². The number of hydrogen-bond acceptors (Lipinski definition) is 5. The fourth-order valence-electron chi connectivity index (χ4n) is 2.99. The first kappa shape index (κ1) is 14.1. The van der Waals surface area contributed by atoms with Gasteiger partial charge in [-0.15, -0.1) is 0 Å². The minimum atomic E-state index is 0.778. The lowest BCUT2D eigenvalue weighted by molar-refractivity contribution is 0.585. The molecule has 0 spiro atoms. The average molecular weight is 308 g/mol. The summed E-state index contributed by atoms with van der Waals surface area (Å²) in [6.07, 6.45) is 1.88. The van der Waals surface area contributed by atoms with Crippen molar-refractivity contribution in [3.8, 4) is 5.69 Å². The van der Waals surface area contributed by atoms with Gasteiger partial charge in [0, 0.05) is 26.2 Å². The Hall–Kier alpha value is -2.47. The summed E-state index contributed by atoms with van der Waals surface area (Å²) in [5.74, 6) is 1.77. The molecule has 1 N–H and O–H groups in total. The van der Waals surface area contributed by atoms with E-state index in [1.165, 1.54) is 5.56 Å². The van der Waals surface area contributed by atoms with Gasteiger partial charge in [-0.3, -0.25) is 0 Å². The van der Waals surface area contributed by atoms with Gasteiger partial charge in [0.05, 0.1) is 17.3 Å². The Balaban J connectivity index is 1.85. The SMILES string of the molecule is Cc1ccc(-n2ncc3c(N4CCNCC4)nc(C)nc32)cc1. The van der Waals surface area contributed by atoms with E-state index in [-0.39, 0.29) is 0 Å². The molecular weight excluding hydrogens is 288 g/mol. The molecule has 0 unspecified atom stereocenters. The Labute approximate surface area is 135 Å². The molecular formula is C17H20N6. The van der Waals surface area contributed by atoms with Crippen molar-refractivity contribution >= 4 is 16.9 Å². The number of anilines is 1. The third-order valence-corrected chi connectivity index (χ3v) is 4.22. The molecule has 1 fully saturated rings. The quantitative estimate of drug-likeness (QED) is 0.783. The van der Waals surface area contributed by atoms with Crippen molar-refractivity contribution in [2.75, 3.05) is 31.1 Å². The van der Waals surface area contributed by atoms with Gasteiger partial charge in [-0.25, -0.2) is 14.6 Å². The first-order chi connectivity index (χ1) is 11.2. The number of aryl methyl sites for hydroxylation is 2. The monoisotopic (exact) mass is 308 g/mol. The highest BCUT2D eigenvalue weighted by Gasteiger charge is 2.19. The number of rotatable bonds is 2. The van der Waals surface area contributed by atoms with Crippen LogP contribution in [0, 0.1) is 13.8 Å². The van der Waals surface area contributed by atoms with Crippen molar-refractivity contribution < 1.29 is 0 Å². The van der Waals surface area contributed by atoms with Crippen LogP contribution in [0.1, 0.15) is 11.4 Å². The molecule has 0 bridgehead atoms. The summed E-state index contributed by atoms with van der Waals surface area (Å²) < 4.78 is 1.90. The zero-order chi connectivity index (χ0) is 15.8. The molecule has 3 aromatic rings. The first-order valence-electron chi connectivity index (χ1n) is 7.97. The van der Waals surface area contributed by atoms with Crippen molar-refractivity contribution in [2.45, 2.75) is 13.8 Å². The fourth-order valence-corrected chi connectivity index (χ4v) is 2.99. The Bertz CT molecular complexity index is 830.